The van der Waals surface area contributed by atoms with Crippen LogP contribution in [0.3, 0.4) is 0 Å². The van der Waals surface area contributed by atoms with E-state index in [1.165, 1.54) is 38.4 Å². The second kappa shape index (κ2) is 11.2. The first kappa shape index (κ1) is 24.8. The summed E-state index contributed by atoms with van der Waals surface area (Å²) in [5.41, 5.74) is 5.41. The van der Waals surface area contributed by atoms with Gasteiger partial charge in [-0.05, 0) is 24.1 Å². The first-order chi connectivity index (χ1) is 15.4. The minimum atomic E-state index is -0.968. The first-order valence-corrected chi connectivity index (χ1v) is 10.0. The predicted octanol–water partition coefficient (Wildman–Crippen LogP) is 3.16. The van der Waals surface area contributed by atoms with Gasteiger partial charge in [0, 0.05) is 7.05 Å². The monoisotopic (exact) mass is 446 g/mol. The normalized spacial score (nSPS) is 12.3. The predicted molar refractivity (Wildman–Crippen MR) is 118 cm³/mol. The van der Waals surface area contributed by atoms with Crippen LogP contribution in [0.5, 0.6) is 17.2 Å². The van der Waals surface area contributed by atoms with Crippen LogP contribution in [0.4, 0.5) is 4.79 Å². The Morgan fingerprint density at radius 2 is 1.56 bits per heavy atom. The summed E-state index contributed by atoms with van der Waals surface area (Å²) >= 11 is 0. The van der Waals surface area contributed by atoms with Crippen molar-refractivity contribution in [3.63, 3.8) is 0 Å². The van der Waals surface area contributed by atoms with E-state index in [9.17, 15) is 9.59 Å². The molecule has 2 aromatic carbocycles. The highest BCUT2D eigenvalue weighted by molar-refractivity contribution is 5.91. The average Bonchev–Trinajstić information content (AvgIpc) is 2.84. The van der Waals surface area contributed by atoms with Crippen molar-refractivity contribution in [3.8, 4) is 17.2 Å². The van der Waals surface area contributed by atoms with E-state index >= 15 is 0 Å². The number of nitrogens with zero attached hydrogens (tertiary/aromatic N) is 1. The molecule has 0 bridgehead atoms. The molecule has 32 heavy (non-hydrogen) atoms. The minimum Gasteiger partial charge on any atom is -0.493 e. The highest BCUT2D eigenvalue weighted by atomic mass is 16.6. The van der Waals surface area contributed by atoms with Gasteiger partial charge < -0.3 is 23.7 Å². The molecule has 0 unspecified atom stereocenters. The third-order valence-corrected chi connectivity index (χ3v) is 5.36. The minimum absolute atomic E-state index is 0.112. The molecule has 2 rings (SSSR count). The molecule has 9 heteroatoms. The lowest BCUT2D eigenvalue weighted by Crippen LogP contribution is -2.51. The molecular weight excluding hydrogens is 416 g/mol. The molecule has 0 fully saturated rings. The fraction of sp³-hybridized carbons (Fsp3) is 0.391. The molecular formula is C23H30N2O7. The van der Waals surface area contributed by atoms with Crippen LogP contribution in [0, 0.1) is 0 Å². The van der Waals surface area contributed by atoms with Gasteiger partial charge in [-0.2, -0.15) is 0 Å². The number of hydrogen-bond donors (Lipinski definition) is 1. The fourth-order valence-corrected chi connectivity index (χ4v) is 3.48. The number of rotatable bonds is 10. The van der Waals surface area contributed by atoms with Crippen LogP contribution >= 0.6 is 0 Å². The summed E-state index contributed by atoms with van der Waals surface area (Å²) in [6, 6.07) is 12.3. The summed E-state index contributed by atoms with van der Waals surface area (Å²) in [6.45, 7) is 1.52. The molecule has 0 aliphatic carbocycles. The van der Waals surface area contributed by atoms with Crippen molar-refractivity contribution in [2.45, 2.75) is 18.9 Å². The second-order valence-corrected chi connectivity index (χ2v) is 6.88. The van der Waals surface area contributed by atoms with E-state index < -0.39 is 17.6 Å². The van der Waals surface area contributed by atoms with E-state index in [4.69, 9.17) is 29.4 Å². The number of benzene rings is 2. The van der Waals surface area contributed by atoms with Gasteiger partial charge in [-0.15, -0.1) is 0 Å². The van der Waals surface area contributed by atoms with Crippen molar-refractivity contribution in [3.05, 3.63) is 53.6 Å². The number of methoxy groups -OCH3 is 3. The summed E-state index contributed by atoms with van der Waals surface area (Å²) in [5, 5.41) is 0. The number of hydrogen-bond acceptors (Lipinski definition) is 8. The van der Waals surface area contributed by atoms with Crippen molar-refractivity contribution in [1.29, 1.82) is 0 Å². The molecule has 0 saturated carbocycles. The van der Waals surface area contributed by atoms with Gasteiger partial charge in [0.1, 0.15) is 18.9 Å². The van der Waals surface area contributed by atoms with Crippen LogP contribution in [-0.2, 0) is 15.0 Å². The van der Waals surface area contributed by atoms with Crippen molar-refractivity contribution < 1.29 is 33.3 Å². The van der Waals surface area contributed by atoms with Gasteiger partial charge in [0.25, 0.3) is 0 Å². The molecule has 2 N–H and O–H groups in total. The van der Waals surface area contributed by atoms with Gasteiger partial charge in [-0.25, -0.2) is 9.59 Å². The standard InChI is InChI=1S/C23H30N2O7/c1-6-23(17-10-8-7-9-11-17,25(2)22(27)32-15-24)14-31-21(26)16-12-18(28-3)20(30-5)19(13-16)29-4/h7-13H,6,14-15,24H2,1-5H3/t23-/m0/s1. The van der Waals surface area contributed by atoms with E-state index in [-0.39, 0.29) is 18.9 Å². The van der Waals surface area contributed by atoms with Crippen LogP contribution in [0.25, 0.3) is 0 Å². The van der Waals surface area contributed by atoms with Crippen molar-refractivity contribution in [1.82, 2.24) is 4.90 Å². The summed E-state index contributed by atoms with van der Waals surface area (Å²) in [6.07, 6.45) is -0.169. The maximum Gasteiger partial charge on any atom is 0.411 e. The zero-order valence-electron chi connectivity index (χ0n) is 19.0. The summed E-state index contributed by atoms with van der Waals surface area (Å²) in [7, 11) is 5.98. The lowest BCUT2D eigenvalue weighted by Gasteiger charge is -2.40. The molecule has 0 aliphatic rings. The van der Waals surface area contributed by atoms with Crippen LogP contribution in [0.2, 0.25) is 0 Å². The lowest BCUT2D eigenvalue weighted by atomic mass is 9.86. The molecule has 0 radical (unpaired) electrons. The Hall–Kier alpha value is -3.46. The lowest BCUT2D eigenvalue weighted by molar-refractivity contribution is 0.00115. The molecule has 0 saturated heterocycles. The van der Waals surface area contributed by atoms with Gasteiger partial charge in [0.2, 0.25) is 5.75 Å². The third-order valence-electron chi connectivity index (χ3n) is 5.36. The third kappa shape index (κ3) is 5.05. The van der Waals surface area contributed by atoms with E-state index in [1.807, 2.05) is 37.3 Å². The number of amides is 1. The second-order valence-electron chi connectivity index (χ2n) is 6.88. The van der Waals surface area contributed by atoms with Crippen molar-refractivity contribution in [2.24, 2.45) is 5.73 Å². The SMILES string of the molecule is CC[C@](COC(=O)c1cc(OC)c(OC)c(OC)c1)(c1ccccc1)N(C)C(=O)OCN. The number of carbonyl (C=O) groups is 2. The van der Waals surface area contributed by atoms with Crippen LogP contribution in [0.1, 0.15) is 29.3 Å². The molecule has 9 nitrogen and oxygen atoms in total. The number of likely N-dealkylation sites (N-methyl/N-ethyl adjacent to an activating group) is 1. The Kier molecular flexibility index (Phi) is 8.71. The zero-order chi connectivity index (χ0) is 23.7. The van der Waals surface area contributed by atoms with Crippen LogP contribution in [-0.4, -0.2) is 58.7 Å². The number of esters is 1. The van der Waals surface area contributed by atoms with Gasteiger partial charge in [-0.3, -0.25) is 10.6 Å². The number of carbonyl (C=O) groups excluding carboxylic acids is 2. The largest absolute Gasteiger partial charge is 0.493 e. The Balaban J connectivity index is 2.39. The molecule has 2 aromatic rings. The first-order valence-electron chi connectivity index (χ1n) is 10.0. The smallest absolute Gasteiger partial charge is 0.411 e. The maximum absolute atomic E-state index is 13.0. The summed E-state index contributed by atoms with van der Waals surface area (Å²) in [5.74, 6) is 0.404. The quantitative estimate of drug-likeness (QED) is 0.438. The van der Waals surface area contributed by atoms with Crippen molar-refractivity contribution in [2.75, 3.05) is 41.7 Å². The average molecular weight is 447 g/mol. The zero-order valence-corrected chi connectivity index (χ0v) is 19.0. The van der Waals surface area contributed by atoms with E-state index in [0.29, 0.717) is 23.7 Å². The van der Waals surface area contributed by atoms with Gasteiger partial charge in [0.15, 0.2) is 11.5 Å². The van der Waals surface area contributed by atoms with Gasteiger partial charge in [0.05, 0.1) is 26.9 Å². The van der Waals surface area contributed by atoms with Gasteiger partial charge >= 0.3 is 12.1 Å². The molecule has 0 aliphatic heterocycles. The maximum atomic E-state index is 13.0. The Morgan fingerprint density at radius 1 is 0.969 bits per heavy atom. The molecule has 0 spiro atoms. The molecule has 1 amide bonds. The Bertz CT molecular complexity index is 895. The molecule has 0 heterocycles. The van der Waals surface area contributed by atoms with Crippen molar-refractivity contribution >= 4 is 12.1 Å². The molecule has 1 atom stereocenters. The molecule has 0 aromatic heterocycles. The topological polar surface area (TPSA) is 110 Å². The number of ether oxygens (including phenoxy) is 5. The highest BCUT2D eigenvalue weighted by Gasteiger charge is 2.40. The molecule has 174 valence electrons. The number of nitrogens with two attached hydrogens (primary N) is 1. The van der Waals surface area contributed by atoms with Crippen LogP contribution in [0.15, 0.2) is 42.5 Å². The Morgan fingerprint density at radius 3 is 2.03 bits per heavy atom. The van der Waals surface area contributed by atoms with E-state index in [1.54, 1.807) is 7.05 Å². The fourth-order valence-electron chi connectivity index (χ4n) is 3.48. The van der Waals surface area contributed by atoms with E-state index in [2.05, 4.69) is 0 Å². The highest BCUT2D eigenvalue weighted by Crippen LogP contribution is 2.39. The summed E-state index contributed by atoms with van der Waals surface area (Å²) < 4.78 is 26.6. The van der Waals surface area contributed by atoms with E-state index in [0.717, 1.165) is 5.56 Å². The van der Waals surface area contributed by atoms with Gasteiger partial charge in [-0.1, -0.05) is 37.3 Å². The summed E-state index contributed by atoms with van der Waals surface area (Å²) in [4.78, 5) is 26.9. The Labute approximate surface area is 187 Å². The van der Waals surface area contributed by atoms with Crippen LogP contribution < -0.4 is 19.9 Å².